The summed E-state index contributed by atoms with van der Waals surface area (Å²) in [7, 11) is 0. The lowest BCUT2D eigenvalue weighted by Crippen LogP contribution is -2.01. The van der Waals surface area contributed by atoms with Crippen LogP contribution in [0.15, 0.2) is 41.0 Å². The molecule has 0 aliphatic carbocycles. The van der Waals surface area contributed by atoms with Crippen molar-refractivity contribution in [1.29, 1.82) is 0 Å². The zero-order chi connectivity index (χ0) is 13.7. The first-order valence-corrected chi connectivity index (χ1v) is 7.06. The van der Waals surface area contributed by atoms with Crippen LogP contribution in [0.1, 0.15) is 18.2 Å². The summed E-state index contributed by atoms with van der Waals surface area (Å²) in [6.45, 7) is 5.48. The lowest BCUT2D eigenvalue weighted by molar-refractivity contribution is 0.301. The fourth-order valence-electron chi connectivity index (χ4n) is 1.74. The highest BCUT2D eigenvalue weighted by molar-refractivity contribution is 9.10. The molecule has 2 aromatic rings. The number of anilines is 1. The summed E-state index contributed by atoms with van der Waals surface area (Å²) < 4.78 is 6.84. The summed E-state index contributed by atoms with van der Waals surface area (Å²) in [4.78, 5) is 4.30. The molecule has 0 aliphatic rings. The number of nitrogens with one attached hydrogen (secondary N) is 1. The van der Waals surface area contributed by atoms with Crippen molar-refractivity contribution >= 4 is 21.6 Å². The number of benzene rings is 1. The fraction of sp³-hybridized carbons (Fsp3) is 0.267. The second kappa shape index (κ2) is 6.57. The van der Waals surface area contributed by atoms with E-state index < -0.39 is 0 Å². The lowest BCUT2D eigenvalue weighted by atomic mass is 10.2. The number of hydrogen-bond donors (Lipinski definition) is 1. The van der Waals surface area contributed by atoms with E-state index in [1.54, 1.807) is 6.20 Å². The van der Waals surface area contributed by atoms with Crippen molar-refractivity contribution in [3.8, 4) is 5.75 Å². The highest BCUT2D eigenvalue weighted by atomic mass is 79.9. The monoisotopic (exact) mass is 320 g/mol. The molecule has 0 aliphatic heterocycles. The number of ether oxygens (including phenoxy) is 1. The summed E-state index contributed by atoms with van der Waals surface area (Å²) in [5.74, 6) is 0.858. The number of pyridine rings is 1. The molecule has 0 bridgehead atoms. The quantitative estimate of drug-likeness (QED) is 0.898. The predicted octanol–water partition coefficient (Wildman–Crippen LogP) is 4.16. The van der Waals surface area contributed by atoms with E-state index in [2.05, 4.69) is 33.2 Å². The molecule has 1 N–H and O–H groups in total. The van der Waals surface area contributed by atoms with Gasteiger partial charge in [0.15, 0.2) is 0 Å². The molecule has 2 rings (SSSR count). The zero-order valence-corrected chi connectivity index (χ0v) is 12.7. The van der Waals surface area contributed by atoms with Gasteiger partial charge in [0.2, 0.25) is 0 Å². The number of rotatable bonds is 5. The van der Waals surface area contributed by atoms with Gasteiger partial charge < -0.3 is 10.1 Å². The van der Waals surface area contributed by atoms with Crippen molar-refractivity contribution in [2.45, 2.75) is 20.5 Å². The van der Waals surface area contributed by atoms with Gasteiger partial charge in [0.05, 0.1) is 5.69 Å². The Hall–Kier alpha value is -1.55. The molecule has 1 heterocycles. The molecule has 0 unspecified atom stereocenters. The van der Waals surface area contributed by atoms with Crippen LogP contribution in [0.2, 0.25) is 0 Å². The van der Waals surface area contributed by atoms with Crippen LogP contribution >= 0.6 is 15.9 Å². The molecule has 0 radical (unpaired) electrons. The van der Waals surface area contributed by atoms with Crippen molar-refractivity contribution < 1.29 is 4.74 Å². The van der Waals surface area contributed by atoms with Gasteiger partial charge in [0, 0.05) is 22.9 Å². The first kappa shape index (κ1) is 13.9. The van der Waals surface area contributed by atoms with Gasteiger partial charge in [-0.3, -0.25) is 4.98 Å². The Morgan fingerprint density at radius 2 is 2.11 bits per heavy atom. The Bertz CT molecular complexity index is 558. The van der Waals surface area contributed by atoms with Gasteiger partial charge in [-0.25, -0.2) is 0 Å². The largest absolute Gasteiger partial charge is 0.487 e. The third-order valence-corrected chi connectivity index (χ3v) is 3.60. The van der Waals surface area contributed by atoms with Gasteiger partial charge in [-0.1, -0.05) is 15.9 Å². The van der Waals surface area contributed by atoms with Gasteiger partial charge in [-0.2, -0.15) is 0 Å². The molecule has 3 nitrogen and oxygen atoms in total. The zero-order valence-electron chi connectivity index (χ0n) is 11.1. The summed E-state index contributed by atoms with van der Waals surface area (Å²) in [6.07, 6.45) is 1.80. The molecular formula is C15H17BrN2O. The van der Waals surface area contributed by atoms with Crippen molar-refractivity contribution in [1.82, 2.24) is 4.98 Å². The molecule has 100 valence electrons. The van der Waals surface area contributed by atoms with Gasteiger partial charge in [0.1, 0.15) is 12.4 Å². The molecular weight excluding hydrogens is 304 g/mol. The summed E-state index contributed by atoms with van der Waals surface area (Å²) in [6, 6.07) is 9.92. The van der Waals surface area contributed by atoms with Crippen LogP contribution < -0.4 is 10.1 Å². The first-order chi connectivity index (χ1) is 9.19. The van der Waals surface area contributed by atoms with Gasteiger partial charge in [-0.05, 0) is 49.7 Å². The standard InChI is InChI=1S/C15H17BrN2O/c1-3-17-12-6-7-18-13(9-12)10-19-14-4-5-15(16)11(2)8-14/h4-9H,3,10H2,1-2H3,(H,17,18). The van der Waals surface area contributed by atoms with E-state index in [1.807, 2.05) is 37.3 Å². The average molecular weight is 321 g/mol. The maximum absolute atomic E-state index is 5.75. The highest BCUT2D eigenvalue weighted by Gasteiger charge is 2.01. The normalized spacial score (nSPS) is 10.3. The predicted molar refractivity (Wildman–Crippen MR) is 81.6 cm³/mol. The van der Waals surface area contributed by atoms with E-state index in [9.17, 15) is 0 Å². The van der Waals surface area contributed by atoms with Crippen LogP contribution in [0.25, 0.3) is 0 Å². The van der Waals surface area contributed by atoms with Crippen molar-refractivity contribution in [2.24, 2.45) is 0 Å². The number of aromatic nitrogens is 1. The Balaban J connectivity index is 2.01. The van der Waals surface area contributed by atoms with E-state index in [-0.39, 0.29) is 0 Å². The fourth-order valence-corrected chi connectivity index (χ4v) is 1.98. The third-order valence-electron chi connectivity index (χ3n) is 2.71. The average Bonchev–Trinajstić information content (AvgIpc) is 2.41. The molecule has 0 amide bonds. The Kier molecular flexibility index (Phi) is 4.80. The topological polar surface area (TPSA) is 34.2 Å². The molecule has 0 saturated carbocycles. The van der Waals surface area contributed by atoms with Crippen molar-refractivity contribution in [3.05, 3.63) is 52.3 Å². The number of aryl methyl sites for hydroxylation is 1. The molecule has 0 atom stereocenters. The second-order valence-corrected chi connectivity index (χ2v) is 5.12. The van der Waals surface area contributed by atoms with Crippen LogP contribution in [0, 0.1) is 6.92 Å². The molecule has 0 saturated heterocycles. The van der Waals surface area contributed by atoms with Gasteiger partial charge in [-0.15, -0.1) is 0 Å². The van der Waals surface area contributed by atoms with Gasteiger partial charge in [0.25, 0.3) is 0 Å². The SMILES string of the molecule is CCNc1ccnc(COc2ccc(Br)c(C)c2)c1. The molecule has 0 spiro atoms. The van der Waals surface area contributed by atoms with Crippen LogP contribution in [-0.4, -0.2) is 11.5 Å². The van der Waals surface area contributed by atoms with Crippen LogP contribution in [0.4, 0.5) is 5.69 Å². The van der Waals surface area contributed by atoms with Crippen molar-refractivity contribution in [2.75, 3.05) is 11.9 Å². The van der Waals surface area contributed by atoms with E-state index in [4.69, 9.17) is 4.74 Å². The molecule has 19 heavy (non-hydrogen) atoms. The molecule has 1 aromatic carbocycles. The van der Waals surface area contributed by atoms with E-state index in [0.29, 0.717) is 6.61 Å². The minimum atomic E-state index is 0.473. The van der Waals surface area contributed by atoms with Crippen LogP contribution in [0.3, 0.4) is 0 Å². The summed E-state index contributed by atoms with van der Waals surface area (Å²) >= 11 is 3.48. The number of nitrogens with zero attached hydrogens (tertiary/aromatic N) is 1. The van der Waals surface area contributed by atoms with Crippen molar-refractivity contribution in [3.63, 3.8) is 0 Å². The maximum Gasteiger partial charge on any atom is 0.130 e. The Labute approximate surface area is 122 Å². The first-order valence-electron chi connectivity index (χ1n) is 6.27. The Morgan fingerprint density at radius 3 is 2.84 bits per heavy atom. The van der Waals surface area contributed by atoms with Gasteiger partial charge >= 0.3 is 0 Å². The number of halogens is 1. The van der Waals surface area contributed by atoms with E-state index in [0.717, 1.165) is 33.7 Å². The van der Waals surface area contributed by atoms with E-state index in [1.165, 1.54) is 0 Å². The summed E-state index contributed by atoms with van der Waals surface area (Å²) in [5, 5.41) is 3.26. The lowest BCUT2D eigenvalue weighted by Gasteiger charge is -2.09. The van der Waals surface area contributed by atoms with Crippen LogP contribution in [-0.2, 0) is 6.61 Å². The molecule has 1 aromatic heterocycles. The Morgan fingerprint density at radius 1 is 1.26 bits per heavy atom. The second-order valence-electron chi connectivity index (χ2n) is 4.27. The number of hydrogen-bond acceptors (Lipinski definition) is 3. The summed E-state index contributed by atoms with van der Waals surface area (Å²) in [5.41, 5.74) is 3.15. The minimum Gasteiger partial charge on any atom is -0.487 e. The highest BCUT2D eigenvalue weighted by Crippen LogP contribution is 2.22. The molecule has 4 heteroatoms. The maximum atomic E-state index is 5.75. The minimum absolute atomic E-state index is 0.473. The van der Waals surface area contributed by atoms with E-state index >= 15 is 0 Å². The molecule has 0 fully saturated rings. The third kappa shape index (κ3) is 3.96. The smallest absolute Gasteiger partial charge is 0.130 e. The van der Waals surface area contributed by atoms with Crippen LogP contribution in [0.5, 0.6) is 5.75 Å².